The molecule has 0 radical (unpaired) electrons. The summed E-state index contributed by atoms with van der Waals surface area (Å²) in [5.41, 5.74) is 5.49. The summed E-state index contributed by atoms with van der Waals surface area (Å²) in [6.07, 6.45) is 1.48. The average molecular weight is 323 g/mol. The molecule has 0 saturated heterocycles. The van der Waals surface area contributed by atoms with E-state index in [-0.39, 0.29) is 5.56 Å². The Morgan fingerprint density at radius 3 is 2.65 bits per heavy atom. The minimum Gasteiger partial charge on any atom is -0.478 e. The SMILES string of the molecule is O=C(O)c1ccccc1/C=N/Nc1nc(-c2ccccc2)cs1. The van der Waals surface area contributed by atoms with Crippen LogP contribution in [0.3, 0.4) is 0 Å². The maximum Gasteiger partial charge on any atom is 0.336 e. The largest absolute Gasteiger partial charge is 0.478 e. The molecule has 0 spiro atoms. The van der Waals surface area contributed by atoms with Gasteiger partial charge in [-0.3, -0.25) is 5.43 Å². The van der Waals surface area contributed by atoms with Crippen molar-refractivity contribution in [3.63, 3.8) is 0 Å². The van der Waals surface area contributed by atoms with Gasteiger partial charge in [-0.15, -0.1) is 11.3 Å². The Hall–Kier alpha value is -2.99. The van der Waals surface area contributed by atoms with Crippen LogP contribution in [0.1, 0.15) is 15.9 Å². The van der Waals surface area contributed by atoms with Crippen LogP contribution in [0.4, 0.5) is 5.13 Å². The Kier molecular flexibility index (Phi) is 4.44. The van der Waals surface area contributed by atoms with E-state index in [1.165, 1.54) is 17.6 Å². The highest BCUT2D eigenvalue weighted by Crippen LogP contribution is 2.24. The third kappa shape index (κ3) is 3.61. The van der Waals surface area contributed by atoms with Gasteiger partial charge in [0.1, 0.15) is 0 Å². The van der Waals surface area contributed by atoms with Crippen molar-refractivity contribution >= 4 is 28.7 Å². The highest BCUT2D eigenvalue weighted by Gasteiger charge is 2.07. The minimum absolute atomic E-state index is 0.210. The maximum absolute atomic E-state index is 11.1. The molecule has 1 heterocycles. The van der Waals surface area contributed by atoms with E-state index in [9.17, 15) is 4.79 Å². The fourth-order valence-electron chi connectivity index (χ4n) is 2.03. The second kappa shape index (κ2) is 6.85. The molecule has 0 amide bonds. The predicted molar refractivity (Wildman–Crippen MR) is 92.2 cm³/mol. The van der Waals surface area contributed by atoms with Crippen LogP contribution in [0, 0.1) is 0 Å². The molecular weight excluding hydrogens is 310 g/mol. The number of benzene rings is 2. The molecule has 2 aromatic carbocycles. The number of carboxylic acids is 1. The number of hydrazone groups is 1. The summed E-state index contributed by atoms with van der Waals surface area (Å²) in [6, 6.07) is 16.6. The summed E-state index contributed by atoms with van der Waals surface area (Å²) in [4.78, 5) is 15.6. The fraction of sp³-hybridized carbons (Fsp3) is 0. The molecule has 5 nitrogen and oxygen atoms in total. The van der Waals surface area contributed by atoms with E-state index < -0.39 is 5.97 Å². The number of carbonyl (C=O) groups is 1. The maximum atomic E-state index is 11.1. The molecule has 3 rings (SSSR count). The van der Waals surface area contributed by atoms with Crippen LogP contribution < -0.4 is 5.43 Å². The van der Waals surface area contributed by atoms with Crippen molar-refractivity contribution in [3.8, 4) is 11.3 Å². The van der Waals surface area contributed by atoms with Crippen molar-refractivity contribution in [1.82, 2.24) is 4.98 Å². The van der Waals surface area contributed by atoms with Crippen LogP contribution in [0.15, 0.2) is 65.1 Å². The van der Waals surface area contributed by atoms with Crippen molar-refractivity contribution in [1.29, 1.82) is 0 Å². The van der Waals surface area contributed by atoms with Gasteiger partial charge in [0.15, 0.2) is 0 Å². The Labute approximate surface area is 137 Å². The summed E-state index contributed by atoms with van der Waals surface area (Å²) in [5.74, 6) is -0.979. The van der Waals surface area contributed by atoms with Gasteiger partial charge in [-0.05, 0) is 6.07 Å². The molecule has 6 heteroatoms. The first-order valence-corrected chi connectivity index (χ1v) is 7.74. The van der Waals surface area contributed by atoms with E-state index >= 15 is 0 Å². The fourth-order valence-corrected chi connectivity index (χ4v) is 2.70. The molecule has 0 bridgehead atoms. The van der Waals surface area contributed by atoms with E-state index in [4.69, 9.17) is 5.11 Å². The molecule has 23 heavy (non-hydrogen) atoms. The van der Waals surface area contributed by atoms with Crippen LogP contribution in [0.5, 0.6) is 0 Å². The van der Waals surface area contributed by atoms with Gasteiger partial charge in [0.05, 0.1) is 17.5 Å². The summed E-state index contributed by atoms with van der Waals surface area (Å²) in [6.45, 7) is 0. The van der Waals surface area contributed by atoms with Crippen molar-refractivity contribution in [3.05, 3.63) is 71.1 Å². The number of anilines is 1. The summed E-state index contributed by atoms with van der Waals surface area (Å²) in [7, 11) is 0. The topological polar surface area (TPSA) is 74.6 Å². The molecule has 2 N–H and O–H groups in total. The highest BCUT2D eigenvalue weighted by atomic mass is 32.1. The minimum atomic E-state index is -0.979. The van der Waals surface area contributed by atoms with E-state index in [0.29, 0.717) is 10.7 Å². The quantitative estimate of drug-likeness (QED) is 0.550. The Balaban J connectivity index is 1.72. The first kappa shape index (κ1) is 14.9. The molecule has 0 aliphatic carbocycles. The molecule has 0 unspecified atom stereocenters. The molecule has 1 aromatic heterocycles. The number of aromatic nitrogens is 1. The standard InChI is InChI=1S/C17H13N3O2S/c21-16(22)14-9-5-4-8-13(14)10-18-20-17-19-15(11-23-17)12-6-2-1-3-7-12/h1-11H,(H,19,20)(H,21,22)/b18-10+. The van der Waals surface area contributed by atoms with Gasteiger partial charge in [0, 0.05) is 16.5 Å². The Morgan fingerprint density at radius 1 is 1.13 bits per heavy atom. The lowest BCUT2D eigenvalue weighted by Crippen LogP contribution is -2.02. The van der Waals surface area contributed by atoms with Gasteiger partial charge in [0.25, 0.3) is 0 Å². The number of rotatable bonds is 5. The van der Waals surface area contributed by atoms with E-state index in [0.717, 1.165) is 11.3 Å². The molecule has 114 valence electrons. The number of hydrogen-bond acceptors (Lipinski definition) is 5. The summed E-state index contributed by atoms with van der Waals surface area (Å²) in [5, 5.41) is 15.8. The van der Waals surface area contributed by atoms with Crippen LogP contribution in [0.25, 0.3) is 11.3 Å². The average Bonchev–Trinajstić information content (AvgIpc) is 3.05. The lowest BCUT2D eigenvalue weighted by atomic mass is 10.1. The van der Waals surface area contributed by atoms with Crippen LogP contribution in [-0.2, 0) is 0 Å². The van der Waals surface area contributed by atoms with Gasteiger partial charge in [0.2, 0.25) is 5.13 Å². The van der Waals surface area contributed by atoms with Crippen molar-refractivity contribution in [2.75, 3.05) is 5.43 Å². The lowest BCUT2D eigenvalue weighted by molar-refractivity contribution is 0.0697. The predicted octanol–water partition coefficient (Wildman–Crippen LogP) is 3.95. The smallest absolute Gasteiger partial charge is 0.336 e. The lowest BCUT2D eigenvalue weighted by Gasteiger charge is -1.99. The molecule has 3 aromatic rings. The van der Waals surface area contributed by atoms with Crippen molar-refractivity contribution < 1.29 is 9.90 Å². The van der Waals surface area contributed by atoms with E-state index in [2.05, 4.69) is 15.5 Å². The van der Waals surface area contributed by atoms with Crippen molar-refractivity contribution in [2.24, 2.45) is 5.10 Å². The number of aromatic carboxylic acids is 1. The van der Waals surface area contributed by atoms with Gasteiger partial charge >= 0.3 is 5.97 Å². The second-order valence-corrected chi connectivity index (χ2v) is 5.52. The van der Waals surface area contributed by atoms with Gasteiger partial charge < -0.3 is 5.11 Å². The third-order valence-electron chi connectivity index (χ3n) is 3.13. The number of hydrogen-bond donors (Lipinski definition) is 2. The first-order valence-electron chi connectivity index (χ1n) is 6.86. The van der Waals surface area contributed by atoms with Gasteiger partial charge in [-0.2, -0.15) is 5.10 Å². The monoisotopic (exact) mass is 323 g/mol. The summed E-state index contributed by atoms with van der Waals surface area (Å²) < 4.78 is 0. The zero-order valence-electron chi connectivity index (χ0n) is 12.0. The van der Waals surface area contributed by atoms with E-state index in [1.54, 1.807) is 24.3 Å². The molecule has 0 atom stereocenters. The second-order valence-electron chi connectivity index (χ2n) is 4.67. The molecular formula is C17H13N3O2S. The number of nitrogens with one attached hydrogen (secondary N) is 1. The number of carboxylic acid groups (broad SMARTS) is 1. The number of nitrogens with zero attached hydrogens (tertiary/aromatic N) is 2. The van der Waals surface area contributed by atoms with E-state index in [1.807, 2.05) is 35.7 Å². The normalized spacial score (nSPS) is 10.8. The van der Waals surface area contributed by atoms with Crippen LogP contribution in [-0.4, -0.2) is 22.3 Å². The molecule has 0 fully saturated rings. The third-order valence-corrected chi connectivity index (χ3v) is 3.88. The van der Waals surface area contributed by atoms with Gasteiger partial charge in [-0.25, -0.2) is 9.78 Å². The Morgan fingerprint density at radius 2 is 1.87 bits per heavy atom. The first-order chi connectivity index (χ1) is 11.2. The zero-order chi connectivity index (χ0) is 16.1. The molecule has 0 aliphatic rings. The summed E-state index contributed by atoms with van der Waals surface area (Å²) >= 11 is 1.44. The zero-order valence-corrected chi connectivity index (χ0v) is 12.8. The highest BCUT2D eigenvalue weighted by molar-refractivity contribution is 7.14. The van der Waals surface area contributed by atoms with Gasteiger partial charge in [-0.1, -0.05) is 48.5 Å². The van der Waals surface area contributed by atoms with Crippen molar-refractivity contribution in [2.45, 2.75) is 0 Å². The molecule has 0 aliphatic heterocycles. The Bertz CT molecular complexity index is 844. The number of thiazole rings is 1. The van der Waals surface area contributed by atoms with Crippen LogP contribution in [0.2, 0.25) is 0 Å². The van der Waals surface area contributed by atoms with Crippen LogP contribution >= 0.6 is 11.3 Å². The molecule has 0 saturated carbocycles.